The second kappa shape index (κ2) is 6.98. The molecule has 0 bridgehead atoms. The van der Waals surface area contributed by atoms with Crippen molar-refractivity contribution in [3.8, 4) is 5.75 Å². The Kier molecular flexibility index (Phi) is 5.90. The van der Waals surface area contributed by atoms with E-state index < -0.39 is 0 Å². The molecule has 0 saturated heterocycles. The third kappa shape index (κ3) is 3.52. The number of rotatable bonds is 7. The molecule has 0 saturated carbocycles. The standard InChI is InChI=1S/C18H29O/c1-7-18(6,8-2)17(14(4)5)15-12-10-11-13-16(15)19-9-3/h10-14H,7-9H2,1-6H3. The minimum Gasteiger partial charge on any atom is -0.494 e. The molecule has 0 aromatic heterocycles. The summed E-state index contributed by atoms with van der Waals surface area (Å²) >= 11 is 0. The predicted octanol–water partition coefficient (Wildman–Crippen LogP) is 5.49. The van der Waals surface area contributed by atoms with E-state index in [1.54, 1.807) is 0 Å². The maximum absolute atomic E-state index is 5.83. The van der Waals surface area contributed by atoms with Crippen LogP contribution in [-0.4, -0.2) is 6.61 Å². The van der Waals surface area contributed by atoms with E-state index in [-0.39, 0.29) is 5.41 Å². The Labute approximate surface area is 119 Å². The molecule has 0 aliphatic carbocycles. The van der Waals surface area contributed by atoms with Gasteiger partial charge in [0.15, 0.2) is 0 Å². The molecule has 0 aliphatic rings. The van der Waals surface area contributed by atoms with Gasteiger partial charge in [-0.3, -0.25) is 0 Å². The molecule has 1 aromatic rings. The topological polar surface area (TPSA) is 9.23 Å². The van der Waals surface area contributed by atoms with Crippen molar-refractivity contribution in [2.45, 2.75) is 54.4 Å². The maximum Gasteiger partial charge on any atom is 0.123 e. The summed E-state index contributed by atoms with van der Waals surface area (Å²) in [6.45, 7) is 14.3. The van der Waals surface area contributed by atoms with Crippen molar-refractivity contribution in [2.75, 3.05) is 6.61 Å². The highest BCUT2D eigenvalue weighted by Gasteiger charge is 2.36. The fraction of sp³-hybridized carbons (Fsp3) is 0.611. The SMILES string of the molecule is CCOc1ccccc1[C](C(C)C)C(C)(CC)CC. The fourth-order valence-electron chi connectivity index (χ4n) is 2.93. The summed E-state index contributed by atoms with van der Waals surface area (Å²) in [5.41, 5.74) is 1.55. The van der Waals surface area contributed by atoms with Crippen LogP contribution in [0.1, 0.15) is 59.9 Å². The van der Waals surface area contributed by atoms with Crippen molar-refractivity contribution >= 4 is 0 Å². The van der Waals surface area contributed by atoms with Gasteiger partial charge in [0, 0.05) is 11.5 Å². The number of benzene rings is 1. The van der Waals surface area contributed by atoms with Gasteiger partial charge in [0.2, 0.25) is 0 Å². The van der Waals surface area contributed by atoms with Crippen molar-refractivity contribution in [1.82, 2.24) is 0 Å². The van der Waals surface area contributed by atoms with Gasteiger partial charge in [0.25, 0.3) is 0 Å². The van der Waals surface area contributed by atoms with Crippen LogP contribution in [0, 0.1) is 17.3 Å². The molecule has 1 radical (unpaired) electrons. The Bertz CT molecular complexity index is 377. The highest BCUT2D eigenvalue weighted by Crippen LogP contribution is 2.47. The molecule has 0 unspecified atom stereocenters. The van der Waals surface area contributed by atoms with Gasteiger partial charge in [-0.2, -0.15) is 0 Å². The lowest BCUT2D eigenvalue weighted by molar-refractivity contribution is 0.279. The van der Waals surface area contributed by atoms with Crippen LogP contribution in [0.3, 0.4) is 0 Å². The van der Waals surface area contributed by atoms with E-state index >= 15 is 0 Å². The van der Waals surface area contributed by atoms with E-state index in [2.05, 4.69) is 58.9 Å². The van der Waals surface area contributed by atoms with Crippen LogP contribution < -0.4 is 4.74 Å². The van der Waals surface area contributed by atoms with Gasteiger partial charge in [0.1, 0.15) is 5.75 Å². The summed E-state index contributed by atoms with van der Waals surface area (Å²) in [6, 6.07) is 8.48. The molecule has 0 fully saturated rings. The average molecular weight is 261 g/mol. The lowest BCUT2D eigenvalue weighted by atomic mass is 9.65. The number of hydrogen-bond donors (Lipinski definition) is 0. The summed E-state index contributed by atoms with van der Waals surface area (Å²) in [5.74, 6) is 3.09. The Hall–Kier alpha value is -0.980. The van der Waals surface area contributed by atoms with Crippen LogP contribution in [0.15, 0.2) is 24.3 Å². The Balaban J connectivity index is 3.27. The first kappa shape index (κ1) is 16.1. The van der Waals surface area contributed by atoms with Crippen molar-refractivity contribution in [1.29, 1.82) is 0 Å². The third-order valence-corrected chi connectivity index (χ3v) is 4.27. The van der Waals surface area contributed by atoms with Gasteiger partial charge in [-0.1, -0.05) is 52.8 Å². The number of ether oxygens (including phenoxy) is 1. The minimum atomic E-state index is 0.251. The summed E-state index contributed by atoms with van der Waals surface area (Å²) in [6.07, 6.45) is 2.33. The molecule has 1 aromatic carbocycles. The molecule has 1 rings (SSSR count). The van der Waals surface area contributed by atoms with Crippen molar-refractivity contribution in [3.63, 3.8) is 0 Å². The fourth-order valence-corrected chi connectivity index (χ4v) is 2.93. The van der Waals surface area contributed by atoms with Gasteiger partial charge >= 0.3 is 0 Å². The molecule has 0 spiro atoms. The minimum absolute atomic E-state index is 0.251. The van der Waals surface area contributed by atoms with Crippen molar-refractivity contribution in [3.05, 3.63) is 35.7 Å². The smallest absolute Gasteiger partial charge is 0.123 e. The Morgan fingerprint density at radius 1 is 1.11 bits per heavy atom. The summed E-state index contributed by atoms with van der Waals surface area (Å²) in [7, 11) is 0. The summed E-state index contributed by atoms with van der Waals surface area (Å²) in [5, 5.41) is 0. The summed E-state index contributed by atoms with van der Waals surface area (Å²) in [4.78, 5) is 0. The molecule has 1 nitrogen and oxygen atoms in total. The van der Waals surface area contributed by atoms with Gasteiger partial charge in [-0.25, -0.2) is 0 Å². The van der Waals surface area contributed by atoms with Gasteiger partial charge < -0.3 is 4.74 Å². The number of para-hydroxylation sites is 1. The third-order valence-electron chi connectivity index (χ3n) is 4.27. The zero-order valence-electron chi connectivity index (χ0n) is 13.4. The van der Waals surface area contributed by atoms with E-state index in [1.165, 1.54) is 11.5 Å². The summed E-state index contributed by atoms with van der Waals surface area (Å²) < 4.78 is 5.83. The lowest BCUT2D eigenvalue weighted by Gasteiger charge is -2.39. The molecule has 0 amide bonds. The molecule has 0 aliphatic heterocycles. The molecule has 107 valence electrons. The van der Waals surface area contributed by atoms with Crippen LogP contribution in [0.2, 0.25) is 0 Å². The largest absolute Gasteiger partial charge is 0.494 e. The van der Waals surface area contributed by atoms with E-state index in [0.717, 1.165) is 25.2 Å². The van der Waals surface area contributed by atoms with Gasteiger partial charge in [-0.05, 0) is 37.2 Å². The van der Waals surface area contributed by atoms with Crippen LogP contribution in [-0.2, 0) is 0 Å². The highest BCUT2D eigenvalue weighted by atomic mass is 16.5. The number of hydrogen-bond acceptors (Lipinski definition) is 1. The average Bonchev–Trinajstić information content (AvgIpc) is 2.40. The van der Waals surface area contributed by atoms with E-state index in [4.69, 9.17) is 4.74 Å². The van der Waals surface area contributed by atoms with Crippen LogP contribution in [0.5, 0.6) is 5.75 Å². The first-order valence-electron chi connectivity index (χ1n) is 7.59. The molecule has 0 N–H and O–H groups in total. The van der Waals surface area contributed by atoms with Crippen LogP contribution >= 0.6 is 0 Å². The monoisotopic (exact) mass is 261 g/mol. The Morgan fingerprint density at radius 2 is 1.68 bits per heavy atom. The van der Waals surface area contributed by atoms with Crippen LogP contribution in [0.4, 0.5) is 0 Å². The lowest BCUT2D eigenvalue weighted by Crippen LogP contribution is -2.29. The van der Waals surface area contributed by atoms with Gasteiger partial charge in [0.05, 0.1) is 6.61 Å². The zero-order valence-corrected chi connectivity index (χ0v) is 13.4. The van der Waals surface area contributed by atoms with Gasteiger partial charge in [-0.15, -0.1) is 0 Å². The Morgan fingerprint density at radius 3 is 2.16 bits per heavy atom. The molecular formula is C18H29O. The van der Waals surface area contributed by atoms with E-state index in [0.29, 0.717) is 5.92 Å². The first-order chi connectivity index (χ1) is 9.00. The maximum atomic E-state index is 5.83. The molecule has 19 heavy (non-hydrogen) atoms. The first-order valence-corrected chi connectivity index (χ1v) is 7.59. The quantitative estimate of drug-likeness (QED) is 0.630. The highest BCUT2D eigenvalue weighted by molar-refractivity contribution is 5.46. The molecule has 0 atom stereocenters. The predicted molar refractivity (Wildman–Crippen MR) is 83.5 cm³/mol. The second-order valence-corrected chi connectivity index (χ2v) is 5.77. The molecule has 0 heterocycles. The zero-order chi connectivity index (χ0) is 14.5. The van der Waals surface area contributed by atoms with E-state index in [1.807, 2.05) is 6.92 Å². The second-order valence-electron chi connectivity index (χ2n) is 5.77. The molecule has 1 heteroatoms. The molecular weight excluding hydrogens is 232 g/mol. The van der Waals surface area contributed by atoms with Crippen LogP contribution in [0.25, 0.3) is 0 Å². The van der Waals surface area contributed by atoms with E-state index in [9.17, 15) is 0 Å². The normalized spacial score (nSPS) is 12.2. The van der Waals surface area contributed by atoms with Crippen molar-refractivity contribution < 1.29 is 4.74 Å². The van der Waals surface area contributed by atoms with Crippen molar-refractivity contribution in [2.24, 2.45) is 11.3 Å².